The molecule has 11 heteroatoms. The Morgan fingerprint density at radius 1 is 1.18 bits per heavy atom. The number of carbonyl (C=O) groups is 1. The molecule has 33 heavy (non-hydrogen) atoms. The maximum atomic E-state index is 12.9. The smallest absolute Gasteiger partial charge is 0.369 e. The number of carbonyl (C=O) groups excluding carboxylic acids is 1. The fourth-order valence-corrected chi connectivity index (χ4v) is 3.67. The van der Waals surface area contributed by atoms with Gasteiger partial charge in [0.05, 0.1) is 5.56 Å². The molecular formula is C22H28F3IN6O. The number of nitrogens with zero attached hydrogens (tertiary/aromatic N) is 3. The molecule has 1 aliphatic heterocycles. The lowest BCUT2D eigenvalue weighted by atomic mass is 9.96. The zero-order valence-electron chi connectivity index (χ0n) is 18.2. The van der Waals surface area contributed by atoms with Gasteiger partial charge in [-0.25, -0.2) is 4.98 Å². The first-order valence-corrected chi connectivity index (χ1v) is 10.4. The lowest BCUT2D eigenvalue weighted by Gasteiger charge is -2.32. The topological polar surface area (TPSA) is 95.6 Å². The van der Waals surface area contributed by atoms with Crippen molar-refractivity contribution in [3.8, 4) is 0 Å². The van der Waals surface area contributed by atoms with Crippen LogP contribution in [-0.2, 0) is 24.1 Å². The second-order valence-corrected chi connectivity index (χ2v) is 7.63. The molecule has 1 amide bonds. The summed E-state index contributed by atoms with van der Waals surface area (Å²) < 4.78 is 38.7. The maximum Gasteiger partial charge on any atom is 0.416 e. The number of primary amides is 1. The third kappa shape index (κ3) is 7.47. The van der Waals surface area contributed by atoms with Crippen molar-refractivity contribution >= 4 is 41.7 Å². The lowest BCUT2D eigenvalue weighted by molar-refractivity contribution is -0.137. The summed E-state index contributed by atoms with van der Waals surface area (Å²) >= 11 is 0. The first-order chi connectivity index (χ1) is 15.3. The Kier molecular flexibility index (Phi) is 9.74. The minimum atomic E-state index is -4.38. The van der Waals surface area contributed by atoms with Crippen molar-refractivity contribution in [3.05, 3.63) is 59.3 Å². The Morgan fingerprint density at radius 3 is 2.52 bits per heavy atom. The zero-order chi connectivity index (χ0) is 23.1. The molecule has 2 heterocycles. The van der Waals surface area contributed by atoms with Gasteiger partial charge >= 0.3 is 6.18 Å². The van der Waals surface area contributed by atoms with Crippen LogP contribution in [0.3, 0.4) is 0 Å². The molecule has 1 aromatic carbocycles. The molecule has 180 valence electrons. The maximum absolute atomic E-state index is 12.9. The van der Waals surface area contributed by atoms with Gasteiger partial charge in [-0.2, -0.15) is 13.2 Å². The first-order valence-electron chi connectivity index (χ1n) is 10.4. The van der Waals surface area contributed by atoms with Gasteiger partial charge in [-0.3, -0.25) is 9.79 Å². The molecule has 3 rings (SSSR count). The van der Waals surface area contributed by atoms with Crippen molar-refractivity contribution in [2.24, 2.45) is 16.6 Å². The predicted octanol–water partition coefficient (Wildman–Crippen LogP) is 3.29. The Labute approximate surface area is 208 Å². The van der Waals surface area contributed by atoms with Crippen molar-refractivity contribution in [1.29, 1.82) is 0 Å². The van der Waals surface area contributed by atoms with Crippen molar-refractivity contribution in [2.45, 2.75) is 32.1 Å². The van der Waals surface area contributed by atoms with Gasteiger partial charge in [0.25, 0.3) is 0 Å². The van der Waals surface area contributed by atoms with Crippen LogP contribution in [0.2, 0.25) is 0 Å². The van der Waals surface area contributed by atoms with Crippen LogP contribution in [-0.4, -0.2) is 37.0 Å². The second-order valence-electron chi connectivity index (χ2n) is 7.63. The van der Waals surface area contributed by atoms with Crippen molar-refractivity contribution in [3.63, 3.8) is 0 Å². The Bertz CT molecular complexity index is 961. The molecule has 1 aliphatic rings. The van der Waals surface area contributed by atoms with Crippen molar-refractivity contribution < 1.29 is 18.0 Å². The van der Waals surface area contributed by atoms with Crippen LogP contribution >= 0.6 is 24.0 Å². The fourth-order valence-electron chi connectivity index (χ4n) is 3.67. The third-order valence-corrected chi connectivity index (χ3v) is 5.45. The molecular weight excluding hydrogens is 548 g/mol. The van der Waals surface area contributed by atoms with Crippen LogP contribution in [0, 0.1) is 5.92 Å². The number of aromatic nitrogens is 1. The third-order valence-electron chi connectivity index (χ3n) is 5.45. The Balaban J connectivity index is 0.00000385. The van der Waals surface area contributed by atoms with Gasteiger partial charge in [-0.15, -0.1) is 24.0 Å². The number of rotatable bonds is 6. The molecule has 7 nitrogen and oxygen atoms in total. The number of alkyl halides is 3. The zero-order valence-corrected chi connectivity index (χ0v) is 20.6. The summed E-state index contributed by atoms with van der Waals surface area (Å²) in [6.45, 7) is 2.02. The van der Waals surface area contributed by atoms with E-state index in [1.807, 2.05) is 12.1 Å². The van der Waals surface area contributed by atoms with E-state index < -0.39 is 11.7 Å². The summed E-state index contributed by atoms with van der Waals surface area (Å²) in [5, 5.41) is 6.22. The van der Waals surface area contributed by atoms with E-state index in [1.165, 1.54) is 6.07 Å². The van der Waals surface area contributed by atoms with Crippen LogP contribution in [0.1, 0.15) is 29.5 Å². The molecule has 2 aromatic rings. The van der Waals surface area contributed by atoms with Crippen molar-refractivity contribution in [2.75, 3.05) is 25.0 Å². The molecule has 0 unspecified atom stereocenters. The number of aliphatic imine (C=N–C) groups is 1. The molecule has 0 atom stereocenters. The molecule has 0 aliphatic carbocycles. The summed E-state index contributed by atoms with van der Waals surface area (Å²) in [5.74, 6) is 0.930. The Morgan fingerprint density at radius 2 is 1.88 bits per heavy atom. The number of hydrogen-bond donors (Lipinski definition) is 3. The molecule has 0 saturated carbocycles. The number of guanidine groups is 1. The van der Waals surface area contributed by atoms with Crippen LogP contribution in [0.15, 0.2) is 47.6 Å². The summed E-state index contributed by atoms with van der Waals surface area (Å²) in [6.07, 6.45) is -1.27. The standard InChI is InChI=1S/C22H27F3N6O.HI/c1-27-21(29-13-15-4-2-6-18(12-15)22(23,24)25)30-14-17-5-3-9-28-20(17)31-10-7-16(8-11-31)19(26)32;/h2-6,9,12,16H,7-8,10-11,13-14H2,1H3,(H2,26,32)(H2,27,29,30);1H. The van der Waals surface area contributed by atoms with Crippen LogP contribution in [0.25, 0.3) is 0 Å². The lowest BCUT2D eigenvalue weighted by Crippen LogP contribution is -2.40. The summed E-state index contributed by atoms with van der Waals surface area (Å²) in [5.41, 5.74) is 6.19. The summed E-state index contributed by atoms with van der Waals surface area (Å²) in [6, 6.07) is 8.98. The van der Waals surface area contributed by atoms with Crippen molar-refractivity contribution in [1.82, 2.24) is 15.6 Å². The number of nitrogens with two attached hydrogens (primary N) is 1. The van der Waals surface area contributed by atoms with Gasteiger partial charge in [0.2, 0.25) is 5.91 Å². The molecule has 1 saturated heterocycles. The molecule has 0 radical (unpaired) electrons. The first kappa shape index (κ1) is 26.7. The van der Waals surface area contributed by atoms with Crippen LogP contribution in [0.5, 0.6) is 0 Å². The number of hydrogen-bond acceptors (Lipinski definition) is 4. The van der Waals surface area contributed by atoms with Crippen LogP contribution < -0.4 is 21.3 Å². The van der Waals surface area contributed by atoms with E-state index in [-0.39, 0.29) is 42.3 Å². The number of nitrogens with one attached hydrogen (secondary N) is 2. The average molecular weight is 576 g/mol. The van der Waals surface area contributed by atoms with E-state index >= 15 is 0 Å². The number of piperidine rings is 1. The predicted molar refractivity (Wildman–Crippen MR) is 132 cm³/mol. The average Bonchev–Trinajstić information content (AvgIpc) is 2.79. The largest absolute Gasteiger partial charge is 0.416 e. The molecule has 0 spiro atoms. The highest BCUT2D eigenvalue weighted by atomic mass is 127. The van der Waals surface area contributed by atoms with Gasteiger partial charge in [0.15, 0.2) is 5.96 Å². The highest BCUT2D eigenvalue weighted by Gasteiger charge is 2.30. The van der Waals surface area contributed by atoms with Crippen LogP contribution in [0.4, 0.5) is 19.0 Å². The Hall–Kier alpha value is -2.57. The molecule has 1 fully saturated rings. The van der Waals surface area contributed by atoms with Gasteiger partial charge in [-0.1, -0.05) is 18.2 Å². The van der Waals surface area contributed by atoms with Gasteiger partial charge in [-0.05, 0) is 36.6 Å². The van der Waals surface area contributed by atoms with Gasteiger partial charge < -0.3 is 21.3 Å². The van der Waals surface area contributed by atoms with E-state index in [0.717, 1.165) is 23.5 Å². The number of halogens is 4. The van der Waals surface area contributed by atoms with E-state index in [1.54, 1.807) is 19.3 Å². The van der Waals surface area contributed by atoms with E-state index in [0.29, 0.717) is 44.0 Å². The normalized spacial score (nSPS) is 15.0. The van der Waals surface area contributed by atoms with E-state index in [9.17, 15) is 18.0 Å². The number of pyridine rings is 1. The number of anilines is 1. The highest BCUT2D eigenvalue weighted by Crippen LogP contribution is 2.29. The van der Waals surface area contributed by atoms with E-state index in [4.69, 9.17) is 5.73 Å². The van der Waals surface area contributed by atoms with E-state index in [2.05, 4.69) is 25.5 Å². The summed E-state index contributed by atoms with van der Waals surface area (Å²) in [7, 11) is 1.60. The molecule has 1 aromatic heterocycles. The quantitative estimate of drug-likeness (QED) is 0.279. The number of amides is 1. The monoisotopic (exact) mass is 576 g/mol. The molecule has 4 N–H and O–H groups in total. The minimum Gasteiger partial charge on any atom is -0.369 e. The van der Waals surface area contributed by atoms with Gasteiger partial charge in [0, 0.05) is 50.9 Å². The number of benzene rings is 1. The van der Waals surface area contributed by atoms with Gasteiger partial charge in [0.1, 0.15) is 5.82 Å². The molecule has 0 bridgehead atoms. The highest BCUT2D eigenvalue weighted by molar-refractivity contribution is 14.0. The fraction of sp³-hybridized carbons (Fsp3) is 0.409. The summed E-state index contributed by atoms with van der Waals surface area (Å²) in [4.78, 5) is 22.2. The SMILES string of the molecule is CN=C(NCc1cccc(C(F)(F)F)c1)NCc1cccnc1N1CCC(C(N)=O)CC1.I. The second kappa shape index (κ2) is 12.1. The minimum absolute atomic E-state index is 0.